The molecular weight excluding hydrogens is 398 g/mol. The Bertz CT molecular complexity index is 1160. The van der Waals surface area contributed by atoms with Crippen LogP contribution in [0.1, 0.15) is 29.0 Å². The summed E-state index contributed by atoms with van der Waals surface area (Å²) >= 11 is 0. The van der Waals surface area contributed by atoms with Crippen molar-refractivity contribution in [3.05, 3.63) is 114 Å². The summed E-state index contributed by atoms with van der Waals surface area (Å²) in [6, 6.07) is 29.1. The second-order valence-electron chi connectivity index (χ2n) is 8.64. The van der Waals surface area contributed by atoms with Gasteiger partial charge in [-0.2, -0.15) is 0 Å². The van der Waals surface area contributed by atoms with E-state index in [2.05, 4.69) is 0 Å². The molecule has 3 aromatic rings. The highest BCUT2D eigenvalue weighted by Gasteiger charge is 2.62. The van der Waals surface area contributed by atoms with Gasteiger partial charge in [0.2, 0.25) is 5.78 Å². The first-order chi connectivity index (χ1) is 15.6. The Kier molecular flexibility index (Phi) is 5.24. The van der Waals surface area contributed by atoms with E-state index in [0.29, 0.717) is 13.0 Å². The summed E-state index contributed by atoms with van der Waals surface area (Å²) < 4.78 is 0. The van der Waals surface area contributed by atoms with E-state index >= 15 is 0 Å². The molecule has 1 spiro atoms. The molecule has 4 heteroatoms. The molecule has 3 aromatic carbocycles. The van der Waals surface area contributed by atoms with Crippen molar-refractivity contribution in [2.75, 3.05) is 6.54 Å². The van der Waals surface area contributed by atoms with Gasteiger partial charge in [-0.05, 0) is 28.7 Å². The summed E-state index contributed by atoms with van der Waals surface area (Å²) in [7, 11) is 0. The Morgan fingerprint density at radius 3 is 2.09 bits per heavy atom. The average Bonchev–Trinajstić information content (AvgIpc) is 3.08. The molecule has 4 nitrogen and oxygen atoms in total. The molecular formula is C28H25NO3. The zero-order chi connectivity index (χ0) is 22.1. The second-order valence-corrected chi connectivity index (χ2v) is 8.64. The minimum atomic E-state index is -1.22. The molecule has 1 N–H and O–H groups in total. The summed E-state index contributed by atoms with van der Waals surface area (Å²) in [5.41, 5.74) is 2.32. The number of aliphatic hydroxyl groups is 1. The Morgan fingerprint density at radius 2 is 1.44 bits per heavy atom. The van der Waals surface area contributed by atoms with Crippen LogP contribution in [-0.2, 0) is 16.1 Å². The van der Waals surface area contributed by atoms with E-state index in [9.17, 15) is 14.7 Å². The summed E-state index contributed by atoms with van der Waals surface area (Å²) in [5.74, 6) is -1.28. The fourth-order valence-corrected chi connectivity index (χ4v) is 5.27. The van der Waals surface area contributed by atoms with E-state index in [-0.39, 0.29) is 12.5 Å². The molecule has 1 saturated heterocycles. The van der Waals surface area contributed by atoms with Crippen LogP contribution in [0.15, 0.2) is 97.1 Å². The van der Waals surface area contributed by atoms with Gasteiger partial charge in [-0.3, -0.25) is 9.59 Å². The maximum atomic E-state index is 13.7. The van der Waals surface area contributed by atoms with Gasteiger partial charge >= 0.3 is 0 Å². The third kappa shape index (κ3) is 3.28. The van der Waals surface area contributed by atoms with Crippen LogP contribution in [0, 0.1) is 5.41 Å². The lowest BCUT2D eigenvalue weighted by Gasteiger charge is -2.43. The number of benzene rings is 3. The molecule has 1 amide bonds. The van der Waals surface area contributed by atoms with Gasteiger partial charge in [0.05, 0.1) is 11.5 Å². The highest BCUT2D eigenvalue weighted by atomic mass is 16.3. The highest BCUT2D eigenvalue weighted by Crippen LogP contribution is 2.53. The molecule has 1 fully saturated rings. The molecule has 1 aliphatic carbocycles. The van der Waals surface area contributed by atoms with Crippen LogP contribution in [0.5, 0.6) is 0 Å². The van der Waals surface area contributed by atoms with Crippen LogP contribution in [0.25, 0.3) is 5.57 Å². The molecule has 1 heterocycles. The van der Waals surface area contributed by atoms with E-state index < -0.39 is 23.2 Å². The number of rotatable bonds is 4. The smallest absolute Gasteiger partial charge is 0.291 e. The predicted molar refractivity (Wildman–Crippen MR) is 124 cm³/mol. The number of nitrogens with zero attached hydrogens (tertiary/aromatic N) is 1. The quantitative estimate of drug-likeness (QED) is 0.640. The van der Waals surface area contributed by atoms with E-state index in [0.717, 1.165) is 22.3 Å². The number of allylic oxidation sites excluding steroid dienone is 1. The fourth-order valence-electron chi connectivity index (χ4n) is 5.27. The molecule has 0 radical (unpaired) electrons. The van der Waals surface area contributed by atoms with Crippen molar-refractivity contribution in [3.8, 4) is 0 Å². The maximum absolute atomic E-state index is 13.7. The molecule has 0 aromatic heterocycles. The number of Topliss-reactive ketones (excluding diaryl/α,β-unsaturated/α-hetero) is 1. The predicted octanol–water partition coefficient (Wildman–Crippen LogP) is 4.22. The Morgan fingerprint density at radius 1 is 0.844 bits per heavy atom. The molecule has 5 rings (SSSR count). The number of ketones is 1. The van der Waals surface area contributed by atoms with Gasteiger partial charge in [0.25, 0.3) is 5.91 Å². The Hall–Kier alpha value is -3.50. The van der Waals surface area contributed by atoms with E-state index in [1.807, 2.05) is 97.1 Å². The van der Waals surface area contributed by atoms with Crippen molar-refractivity contribution in [3.63, 3.8) is 0 Å². The molecule has 160 valence electrons. The van der Waals surface area contributed by atoms with Crippen LogP contribution in [0.3, 0.4) is 0 Å². The zero-order valence-corrected chi connectivity index (χ0v) is 17.7. The molecule has 32 heavy (non-hydrogen) atoms. The Balaban J connectivity index is 1.59. The van der Waals surface area contributed by atoms with Gasteiger partial charge in [0.15, 0.2) is 0 Å². The molecule has 3 atom stereocenters. The first-order valence-corrected chi connectivity index (χ1v) is 11.0. The second kappa shape index (κ2) is 8.21. The van der Waals surface area contributed by atoms with Gasteiger partial charge in [-0.25, -0.2) is 0 Å². The van der Waals surface area contributed by atoms with Gasteiger partial charge in [-0.15, -0.1) is 0 Å². The van der Waals surface area contributed by atoms with E-state index in [4.69, 9.17) is 0 Å². The first-order valence-electron chi connectivity index (χ1n) is 11.0. The molecule has 0 unspecified atom stereocenters. The van der Waals surface area contributed by atoms with Crippen molar-refractivity contribution in [2.45, 2.75) is 25.0 Å². The minimum Gasteiger partial charge on any atom is -0.387 e. The van der Waals surface area contributed by atoms with Gasteiger partial charge in [0, 0.05) is 19.0 Å². The molecule has 0 bridgehead atoms. The number of hydrogen-bond donors (Lipinski definition) is 1. The van der Waals surface area contributed by atoms with Crippen molar-refractivity contribution in [2.24, 2.45) is 5.41 Å². The fraction of sp³-hybridized carbons (Fsp3) is 0.214. The number of aliphatic hydroxyl groups excluding tert-OH is 1. The standard InChI is InChI=1S/C28H25NO3/c30-25-23(21-12-6-2-7-13-21)16-17-24(22-14-8-3-9-15-22)28(25)19-29(27(32)26(28)31)18-20-10-4-1-5-11-20/h1-16,24-25,30H,17-19H2/t24-,25+,28+/m1/s1. The van der Waals surface area contributed by atoms with Crippen molar-refractivity contribution in [1.82, 2.24) is 4.90 Å². The zero-order valence-electron chi connectivity index (χ0n) is 17.7. The van der Waals surface area contributed by atoms with E-state index in [1.54, 1.807) is 4.90 Å². The van der Waals surface area contributed by atoms with Crippen LogP contribution < -0.4 is 0 Å². The van der Waals surface area contributed by atoms with Crippen molar-refractivity contribution >= 4 is 17.3 Å². The summed E-state index contributed by atoms with van der Waals surface area (Å²) in [4.78, 5) is 28.5. The van der Waals surface area contributed by atoms with Crippen LogP contribution in [-0.4, -0.2) is 34.3 Å². The Labute approximate surface area is 187 Å². The van der Waals surface area contributed by atoms with Crippen LogP contribution in [0.4, 0.5) is 0 Å². The van der Waals surface area contributed by atoms with Crippen LogP contribution in [0.2, 0.25) is 0 Å². The summed E-state index contributed by atoms with van der Waals surface area (Å²) in [6.07, 6.45) is 1.55. The number of likely N-dealkylation sites (tertiary alicyclic amines) is 1. The highest BCUT2D eigenvalue weighted by molar-refractivity contribution is 6.41. The number of carbonyl (C=O) groups excluding carboxylic acids is 2. The van der Waals surface area contributed by atoms with Crippen LogP contribution >= 0.6 is 0 Å². The van der Waals surface area contributed by atoms with Crippen molar-refractivity contribution in [1.29, 1.82) is 0 Å². The minimum absolute atomic E-state index is 0.199. The topological polar surface area (TPSA) is 57.6 Å². The number of carbonyl (C=O) groups is 2. The molecule has 1 aliphatic heterocycles. The lowest BCUT2D eigenvalue weighted by molar-refractivity contribution is -0.144. The largest absolute Gasteiger partial charge is 0.387 e. The maximum Gasteiger partial charge on any atom is 0.291 e. The van der Waals surface area contributed by atoms with E-state index in [1.165, 1.54) is 0 Å². The van der Waals surface area contributed by atoms with Gasteiger partial charge in [0.1, 0.15) is 0 Å². The molecule has 2 aliphatic rings. The third-order valence-electron chi connectivity index (χ3n) is 6.86. The van der Waals surface area contributed by atoms with Crippen molar-refractivity contribution < 1.29 is 14.7 Å². The monoisotopic (exact) mass is 423 g/mol. The normalized spacial score (nSPS) is 25.3. The first kappa shape index (κ1) is 20.4. The summed E-state index contributed by atoms with van der Waals surface area (Å²) in [6.45, 7) is 0.552. The number of amides is 1. The average molecular weight is 424 g/mol. The van der Waals surface area contributed by atoms with Gasteiger partial charge in [-0.1, -0.05) is 97.1 Å². The van der Waals surface area contributed by atoms with Gasteiger partial charge < -0.3 is 10.0 Å². The lowest BCUT2D eigenvalue weighted by atomic mass is 9.60. The SMILES string of the molecule is O=C1C(=O)[C@@]2(CN1Cc1ccccc1)[C@@H](c1ccccc1)CC=C(c1ccccc1)[C@@H]2O. The third-order valence-corrected chi connectivity index (χ3v) is 6.86. The number of hydrogen-bond acceptors (Lipinski definition) is 3. The summed E-state index contributed by atoms with van der Waals surface area (Å²) in [5, 5.41) is 11.7. The lowest BCUT2D eigenvalue weighted by Crippen LogP contribution is -2.50. The molecule has 0 saturated carbocycles.